The van der Waals surface area contributed by atoms with Crippen molar-refractivity contribution in [2.45, 2.75) is 57.8 Å². The molecule has 3 unspecified atom stereocenters. The van der Waals surface area contributed by atoms with Crippen molar-refractivity contribution in [2.75, 3.05) is 14.2 Å². The van der Waals surface area contributed by atoms with Crippen LogP contribution in [0.25, 0.3) is 0 Å². The molecule has 154 valence electrons. The van der Waals surface area contributed by atoms with E-state index in [1.54, 1.807) is 0 Å². The van der Waals surface area contributed by atoms with Crippen molar-refractivity contribution in [1.82, 2.24) is 0 Å². The van der Waals surface area contributed by atoms with E-state index in [2.05, 4.69) is 6.58 Å². The Bertz CT molecular complexity index is 762. The lowest BCUT2D eigenvalue weighted by molar-refractivity contribution is -0.335. The van der Waals surface area contributed by atoms with Crippen molar-refractivity contribution in [3.63, 3.8) is 0 Å². The van der Waals surface area contributed by atoms with Crippen LogP contribution in [0, 0.1) is 39.9 Å². The van der Waals surface area contributed by atoms with Crippen molar-refractivity contribution in [2.24, 2.45) is 39.9 Å². The largest absolute Gasteiger partial charge is 0.469 e. The van der Waals surface area contributed by atoms with Crippen LogP contribution in [-0.4, -0.2) is 43.7 Å². The quantitative estimate of drug-likeness (QED) is 0.576. The van der Waals surface area contributed by atoms with Crippen LogP contribution in [0.15, 0.2) is 12.2 Å². The van der Waals surface area contributed by atoms with Crippen molar-refractivity contribution < 1.29 is 28.9 Å². The summed E-state index contributed by atoms with van der Waals surface area (Å²) < 4.78 is 16.6. The van der Waals surface area contributed by atoms with Crippen LogP contribution in [0.1, 0.15) is 45.4 Å². The van der Waals surface area contributed by atoms with Crippen molar-refractivity contribution in [3.8, 4) is 0 Å². The van der Waals surface area contributed by atoms with Crippen molar-refractivity contribution in [3.05, 3.63) is 12.2 Å². The predicted molar refractivity (Wildman–Crippen MR) is 98.7 cm³/mol. The highest BCUT2D eigenvalue weighted by Gasteiger charge is 2.82. The number of carbonyl (C=O) groups excluding carboxylic acids is 2. The van der Waals surface area contributed by atoms with Gasteiger partial charge in [-0.15, -0.1) is 0 Å². The molecule has 6 heteroatoms. The minimum atomic E-state index is -0.976. The van der Waals surface area contributed by atoms with E-state index in [1.807, 2.05) is 6.92 Å². The highest BCUT2D eigenvalue weighted by molar-refractivity contribution is 5.82. The summed E-state index contributed by atoms with van der Waals surface area (Å²) in [5, 5.41) is 11.2. The molecule has 9 atom stereocenters. The zero-order valence-corrected chi connectivity index (χ0v) is 16.9. The van der Waals surface area contributed by atoms with Gasteiger partial charge in [-0.25, -0.2) is 0 Å². The average Bonchev–Trinajstić information content (AvgIpc) is 3.10. The third-order valence-electron chi connectivity index (χ3n) is 9.43. The maximum absolute atomic E-state index is 13.3. The van der Waals surface area contributed by atoms with E-state index in [0.717, 1.165) is 32.1 Å². The number of allylic oxidation sites excluding steroid dienone is 1. The fraction of sp³-hybridized carbons (Fsp3) is 0.818. The number of aliphatic hydroxyl groups excluding tert-OH is 1. The summed E-state index contributed by atoms with van der Waals surface area (Å²) in [4.78, 5) is 26.4. The van der Waals surface area contributed by atoms with Gasteiger partial charge >= 0.3 is 11.9 Å². The molecule has 6 nitrogen and oxygen atoms in total. The summed E-state index contributed by atoms with van der Waals surface area (Å²) in [5.74, 6) is -0.885. The van der Waals surface area contributed by atoms with Crippen LogP contribution < -0.4 is 0 Å². The summed E-state index contributed by atoms with van der Waals surface area (Å²) in [6.07, 6.45) is 3.67. The highest BCUT2D eigenvalue weighted by Crippen LogP contribution is 2.80. The molecule has 0 radical (unpaired) electrons. The van der Waals surface area contributed by atoms with Gasteiger partial charge in [0.2, 0.25) is 0 Å². The number of aliphatic hydroxyl groups is 1. The van der Waals surface area contributed by atoms with Gasteiger partial charge in [0.15, 0.2) is 6.29 Å². The number of ether oxygens (including phenoxy) is 3. The molecule has 6 rings (SSSR count). The SMILES string of the molecule is C=C1C[C@]23C[C@H]1CCC2[C@@]12CC[C@H](OC1O)[C@@](C)(C(=O)OC)C2[C@@H]3C(=O)OC. The Morgan fingerprint density at radius 3 is 2.61 bits per heavy atom. The molecule has 28 heavy (non-hydrogen) atoms. The topological polar surface area (TPSA) is 82.1 Å². The van der Waals surface area contributed by atoms with Gasteiger partial charge < -0.3 is 19.3 Å². The molecule has 0 aromatic rings. The second-order valence-corrected chi connectivity index (χ2v) is 9.98. The van der Waals surface area contributed by atoms with Gasteiger partial charge in [-0.05, 0) is 62.7 Å². The van der Waals surface area contributed by atoms with Crippen molar-refractivity contribution >= 4 is 11.9 Å². The monoisotopic (exact) mass is 390 g/mol. The molecule has 2 spiro atoms. The maximum atomic E-state index is 13.3. The molecule has 4 aliphatic carbocycles. The van der Waals surface area contributed by atoms with Gasteiger partial charge in [0.25, 0.3) is 0 Å². The zero-order chi connectivity index (χ0) is 20.1. The Hall–Kier alpha value is -1.40. The van der Waals surface area contributed by atoms with Crippen LogP contribution in [0.3, 0.4) is 0 Å². The number of fused-ring (bicyclic) bond motifs is 3. The van der Waals surface area contributed by atoms with Crippen LogP contribution in [0.2, 0.25) is 0 Å². The highest BCUT2D eigenvalue weighted by atomic mass is 16.6. The molecule has 2 heterocycles. The molecule has 6 aliphatic rings. The fourth-order valence-electron chi connectivity index (χ4n) is 8.62. The van der Waals surface area contributed by atoms with Crippen LogP contribution in [0.4, 0.5) is 0 Å². The van der Waals surface area contributed by atoms with Crippen LogP contribution in [-0.2, 0) is 23.8 Å². The standard InChI is InChI=1S/C22H30O6/c1-11-9-21-10-12(11)5-6-13(21)22-8-7-14(28-19(22)25)20(2,18(24)27-4)16(22)15(21)17(23)26-3/h12-16,19,25H,1,5-10H2,2-4H3/t12-,13?,14+,15-,16?,19?,20-,21+,22-/m1/s1. The van der Waals surface area contributed by atoms with Gasteiger partial charge in [0.05, 0.1) is 31.7 Å². The Balaban J connectivity index is 1.77. The number of methoxy groups -OCH3 is 2. The second-order valence-electron chi connectivity index (χ2n) is 9.98. The molecule has 4 saturated carbocycles. The Morgan fingerprint density at radius 1 is 1.21 bits per heavy atom. The number of rotatable bonds is 2. The smallest absolute Gasteiger partial charge is 0.314 e. The van der Waals surface area contributed by atoms with Gasteiger partial charge in [-0.2, -0.15) is 0 Å². The molecule has 0 amide bonds. The zero-order valence-electron chi connectivity index (χ0n) is 16.9. The van der Waals surface area contributed by atoms with E-state index >= 15 is 0 Å². The maximum Gasteiger partial charge on any atom is 0.314 e. The minimum Gasteiger partial charge on any atom is -0.469 e. The average molecular weight is 390 g/mol. The molecular weight excluding hydrogens is 360 g/mol. The predicted octanol–water partition coefficient (Wildman–Crippen LogP) is 2.44. The third-order valence-corrected chi connectivity index (χ3v) is 9.43. The first-order valence-corrected chi connectivity index (χ1v) is 10.4. The Labute approximate surface area is 165 Å². The van der Waals surface area contributed by atoms with E-state index in [4.69, 9.17) is 14.2 Å². The van der Waals surface area contributed by atoms with Crippen molar-refractivity contribution in [1.29, 1.82) is 0 Å². The number of esters is 2. The third kappa shape index (κ3) is 1.79. The molecule has 0 aromatic carbocycles. The van der Waals surface area contributed by atoms with Crippen LogP contribution >= 0.6 is 0 Å². The van der Waals surface area contributed by atoms with E-state index in [-0.39, 0.29) is 29.2 Å². The lowest BCUT2D eigenvalue weighted by atomic mass is 9.49. The Morgan fingerprint density at radius 2 is 1.96 bits per heavy atom. The van der Waals surface area contributed by atoms with Crippen LogP contribution in [0.5, 0.6) is 0 Å². The normalized spacial score (nSPS) is 53.5. The van der Waals surface area contributed by atoms with Gasteiger partial charge in [0.1, 0.15) is 0 Å². The first-order valence-electron chi connectivity index (χ1n) is 10.4. The summed E-state index contributed by atoms with van der Waals surface area (Å²) in [6, 6.07) is 0. The first-order chi connectivity index (χ1) is 13.3. The lowest BCUT2D eigenvalue weighted by Crippen LogP contribution is -2.68. The fourth-order valence-corrected chi connectivity index (χ4v) is 8.62. The summed E-state index contributed by atoms with van der Waals surface area (Å²) in [7, 11) is 2.81. The number of carbonyl (C=O) groups is 2. The minimum absolute atomic E-state index is 0.116. The molecule has 2 saturated heterocycles. The summed E-state index contributed by atoms with van der Waals surface area (Å²) in [6.45, 7) is 6.19. The first kappa shape index (κ1) is 18.6. The summed E-state index contributed by atoms with van der Waals surface area (Å²) in [5.41, 5.74) is -0.699. The molecular formula is C22H30O6. The van der Waals surface area contributed by atoms with E-state index in [9.17, 15) is 14.7 Å². The van der Waals surface area contributed by atoms with E-state index in [1.165, 1.54) is 19.8 Å². The van der Waals surface area contributed by atoms with Gasteiger partial charge in [-0.3, -0.25) is 9.59 Å². The van der Waals surface area contributed by atoms with E-state index < -0.39 is 29.1 Å². The molecule has 2 aliphatic heterocycles. The Kier molecular flexibility index (Phi) is 3.72. The number of hydrogen-bond acceptors (Lipinski definition) is 6. The second kappa shape index (κ2) is 5.60. The van der Waals surface area contributed by atoms with Gasteiger partial charge in [-0.1, -0.05) is 12.2 Å². The molecule has 1 N–H and O–H groups in total. The lowest BCUT2D eigenvalue weighted by Gasteiger charge is -2.61. The summed E-state index contributed by atoms with van der Waals surface area (Å²) >= 11 is 0. The molecule has 0 aromatic heterocycles. The molecule has 6 fully saturated rings. The van der Waals surface area contributed by atoms with Gasteiger partial charge in [0, 0.05) is 11.3 Å². The molecule has 4 bridgehead atoms. The number of hydrogen-bond donors (Lipinski definition) is 1. The van der Waals surface area contributed by atoms with E-state index in [0.29, 0.717) is 12.3 Å².